The Balaban J connectivity index is 1.95. The largest absolute Gasteiger partial charge is 0.477 e. The van der Waals surface area contributed by atoms with Gasteiger partial charge in [0.25, 0.3) is 0 Å². The van der Waals surface area contributed by atoms with Crippen LogP contribution in [0.5, 0.6) is 5.88 Å². The third-order valence-corrected chi connectivity index (χ3v) is 5.92. The molecule has 2 aliphatic rings. The Morgan fingerprint density at radius 2 is 2.23 bits per heavy atom. The zero-order chi connectivity index (χ0) is 18.2. The highest BCUT2D eigenvalue weighted by Crippen LogP contribution is 2.40. The third kappa shape index (κ3) is 1.89. The summed E-state index contributed by atoms with van der Waals surface area (Å²) >= 11 is 1.11. The molecule has 1 saturated heterocycles. The molecule has 1 fully saturated rings. The van der Waals surface area contributed by atoms with Gasteiger partial charge in [0.1, 0.15) is 22.8 Å². The van der Waals surface area contributed by atoms with Crippen LogP contribution in [0.1, 0.15) is 22.3 Å². The first-order valence-corrected chi connectivity index (χ1v) is 8.95. The van der Waals surface area contributed by atoms with Gasteiger partial charge in [-0.2, -0.15) is 0 Å². The van der Waals surface area contributed by atoms with Gasteiger partial charge < -0.3 is 19.8 Å². The molecule has 0 bridgehead atoms. The van der Waals surface area contributed by atoms with Gasteiger partial charge in [-0.05, 0) is 12.5 Å². The van der Waals surface area contributed by atoms with Crippen molar-refractivity contribution in [1.82, 2.24) is 4.40 Å². The Morgan fingerprint density at radius 1 is 1.42 bits per heavy atom. The number of nitrogens with zero attached hydrogens (tertiary/aromatic N) is 2. The average molecular weight is 376 g/mol. The number of rotatable bonds is 2. The number of anilines is 1. The highest BCUT2D eigenvalue weighted by Gasteiger charge is 2.32. The van der Waals surface area contributed by atoms with E-state index in [2.05, 4.69) is 0 Å². The molecule has 0 spiro atoms. The number of carboxylic acids is 1. The average Bonchev–Trinajstić information content (AvgIpc) is 3.20. The number of aliphatic hydroxyl groups is 1. The van der Waals surface area contributed by atoms with E-state index >= 15 is 0 Å². The van der Waals surface area contributed by atoms with Crippen molar-refractivity contribution < 1.29 is 24.1 Å². The second-order valence-corrected chi connectivity index (χ2v) is 7.34. The Morgan fingerprint density at radius 3 is 2.92 bits per heavy atom. The van der Waals surface area contributed by atoms with Crippen molar-refractivity contribution in [1.29, 1.82) is 0 Å². The molecule has 134 valence electrons. The summed E-state index contributed by atoms with van der Waals surface area (Å²) in [6.45, 7) is 0.878. The molecule has 7 nitrogen and oxygen atoms in total. The molecule has 0 saturated carbocycles. The van der Waals surface area contributed by atoms with E-state index in [0.717, 1.165) is 17.4 Å². The lowest BCUT2D eigenvalue weighted by Crippen LogP contribution is -2.27. The molecule has 1 atom stereocenters. The zero-order valence-electron chi connectivity index (χ0n) is 13.4. The van der Waals surface area contributed by atoms with Crippen LogP contribution in [0.15, 0.2) is 16.2 Å². The summed E-state index contributed by atoms with van der Waals surface area (Å²) in [4.78, 5) is 26.4. The molecule has 0 amide bonds. The Bertz CT molecular complexity index is 1170. The number of hydrogen-bond acceptors (Lipinski definition) is 6. The number of carboxylic acid groups (broad SMARTS) is 1. The van der Waals surface area contributed by atoms with E-state index in [9.17, 15) is 24.2 Å². The minimum absolute atomic E-state index is 0.0267. The van der Waals surface area contributed by atoms with Crippen LogP contribution in [-0.2, 0) is 6.61 Å². The molecule has 0 radical (unpaired) electrons. The minimum atomic E-state index is -1.35. The molecular formula is C17H13FN2O5S. The van der Waals surface area contributed by atoms with E-state index in [4.69, 9.17) is 4.74 Å². The van der Waals surface area contributed by atoms with Crippen molar-refractivity contribution in [3.8, 4) is 5.88 Å². The van der Waals surface area contributed by atoms with Gasteiger partial charge in [0, 0.05) is 18.7 Å². The second-order valence-electron chi connectivity index (χ2n) is 6.48. The van der Waals surface area contributed by atoms with Crippen molar-refractivity contribution in [2.45, 2.75) is 19.1 Å². The Labute approximate surface area is 149 Å². The molecule has 0 aliphatic carbocycles. The molecule has 9 heteroatoms. The number of benzene rings is 1. The standard InChI is InChI=1S/C17H13FN2O5S/c18-10-3-8-13-9(14(10)19-2-1-7(21)4-19)5-25-11-6-26-16(20(11)13)12(15(8)22)17(23)24/h3,6-7,21H,1-2,4-5H2,(H,23,24). The summed E-state index contributed by atoms with van der Waals surface area (Å²) in [7, 11) is 0. The number of thiazole rings is 1. The van der Waals surface area contributed by atoms with Gasteiger partial charge in [0.05, 0.1) is 28.1 Å². The predicted octanol–water partition coefficient (Wildman–Crippen LogP) is 1.81. The predicted molar refractivity (Wildman–Crippen MR) is 93.1 cm³/mol. The summed E-state index contributed by atoms with van der Waals surface area (Å²) < 4.78 is 22.2. The van der Waals surface area contributed by atoms with E-state index < -0.39 is 23.3 Å². The lowest BCUT2D eigenvalue weighted by molar-refractivity contribution is 0.0697. The smallest absolute Gasteiger partial charge is 0.342 e. The fourth-order valence-electron chi connectivity index (χ4n) is 3.89. The lowest BCUT2D eigenvalue weighted by Gasteiger charge is -2.26. The number of halogens is 1. The van der Waals surface area contributed by atoms with Gasteiger partial charge in [-0.25, -0.2) is 9.18 Å². The maximum absolute atomic E-state index is 14.9. The molecule has 4 heterocycles. The number of aromatic nitrogens is 1. The van der Waals surface area contributed by atoms with E-state index in [1.54, 1.807) is 14.7 Å². The molecule has 2 N–H and O–H groups in total. The molecule has 3 aromatic rings. The topological polar surface area (TPSA) is 91.5 Å². The number of aliphatic hydroxyl groups excluding tert-OH is 1. The van der Waals surface area contributed by atoms with Crippen LogP contribution in [0.3, 0.4) is 0 Å². The number of β-amino-alcohol motifs (C(OH)–C–C–N with tert-alkyl or cyclic N) is 1. The molecule has 1 aromatic carbocycles. The molecular weight excluding hydrogens is 363 g/mol. The maximum Gasteiger partial charge on any atom is 0.342 e. The van der Waals surface area contributed by atoms with Gasteiger partial charge in [-0.3, -0.25) is 9.20 Å². The van der Waals surface area contributed by atoms with Crippen LogP contribution < -0.4 is 15.1 Å². The number of hydrogen-bond donors (Lipinski definition) is 2. The van der Waals surface area contributed by atoms with Gasteiger partial charge in [0.15, 0.2) is 0 Å². The summed E-state index contributed by atoms with van der Waals surface area (Å²) in [5, 5.41) is 20.9. The number of aromatic carboxylic acids is 1. The molecule has 2 aliphatic heterocycles. The number of carbonyl (C=O) groups is 1. The molecule has 1 unspecified atom stereocenters. The van der Waals surface area contributed by atoms with Crippen molar-refractivity contribution in [3.63, 3.8) is 0 Å². The van der Waals surface area contributed by atoms with Crippen molar-refractivity contribution in [2.75, 3.05) is 18.0 Å². The lowest BCUT2D eigenvalue weighted by atomic mass is 10.0. The molecule has 5 rings (SSSR count). The second kappa shape index (κ2) is 5.18. The van der Waals surface area contributed by atoms with E-state index in [1.807, 2.05) is 0 Å². The molecule has 2 aromatic heterocycles. The summed E-state index contributed by atoms with van der Waals surface area (Å²) in [5.74, 6) is -1.53. The van der Waals surface area contributed by atoms with Crippen molar-refractivity contribution >= 4 is 38.7 Å². The first-order valence-electron chi connectivity index (χ1n) is 8.07. The summed E-state index contributed by atoms with van der Waals surface area (Å²) in [5.41, 5.74) is 0.214. The van der Waals surface area contributed by atoms with Gasteiger partial charge in [-0.1, -0.05) is 0 Å². The SMILES string of the molecule is O=C(O)c1c(=O)c2cc(F)c(N3CCC(O)C3)c3c2n2c(csc12)OC3. The van der Waals surface area contributed by atoms with Gasteiger partial charge >= 0.3 is 5.97 Å². The van der Waals surface area contributed by atoms with Crippen molar-refractivity contribution in [3.05, 3.63) is 38.6 Å². The van der Waals surface area contributed by atoms with Crippen LogP contribution in [0, 0.1) is 5.82 Å². The first-order chi connectivity index (χ1) is 12.5. The van der Waals surface area contributed by atoms with Crippen LogP contribution in [-0.4, -0.2) is 39.8 Å². The molecule has 26 heavy (non-hydrogen) atoms. The first kappa shape index (κ1) is 15.6. The monoisotopic (exact) mass is 376 g/mol. The fourth-order valence-corrected chi connectivity index (χ4v) is 4.86. The fraction of sp³-hybridized carbons (Fsp3) is 0.294. The number of ether oxygens (including phenoxy) is 1. The Hall–Kier alpha value is -2.65. The third-order valence-electron chi connectivity index (χ3n) is 4.99. The van der Waals surface area contributed by atoms with E-state index in [0.29, 0.717) is 42.2 Å². The summed E-state index contributed by atoms with van der Waals surface area (Å²) in [6.07, 6.45) is 0.00468. The van der Waals surface area contributed by atoms with Crippen LogP contribution in [0.25, 0.3) is 15.7 Å². The highest BCUT2D eigenvalue weighted by molar-refractivity contribution is 7.16. The van der Waals surface area contributed by atoms with Crippen LogP contribution in [0.4, 0.5) is 10.1 Å². The zero-order valence-corrected chi connectivity index (χ0v) is 14.2. The van der Waals surface area contributed by atoms with Crippen LogP contribution in [0.2, 0.25) is 0 Å². The maximum atomic E-state index is 14.9. The number of pyridine rings is 1. The van der Waals surface area contributed by atoms with Crippen molar-refractivity contribution in [2.24, 2.45) is 0 Å². The quantitative estimate of drug-likeness (QED) is 0.709. The van der Waals surface area contributed by atoms with Gasteiger partial charge in [-0.15, -0.1) is 11.3 Å². The van der Waals surface area contributed by atoms with E-state index in [-0.39, 0.29) is 22.4 Å². The Kier molecular flexibility index (Phi) is 3.11. The van der Waals surface area contributed by atoms with Gasteiger partial charge in [0.2, 0.25) is 11.3 Å². The minimum Gasteiger partial charge on any atom is -0.477 e. The highest BCUT2D eigenvalue weighted by atomic mass is 32.1. The normalized spacial score (nSPS) is 18.8. The van der Waals surface area contributed by atoms with Crippen LogP contribution >= 0.6 is 11.3 Å². The summed E-state index contributed by atoms with van der Waals surface area (Å²) in [6, 6.07) is 1.10. The van der Waals surface area contributed by atoms with E-state index in [1.165, 1.54) is 0 Å².